The van der Waals surface area contributed by atoms with E-state index >= 15 is 0 Å². The highest BCUT2D eigenvalue weighted by molar-refractivity contribution is 5.98. The molecule has 120 valence electrons. The first-order valence-electron chi connectivity index (χ1n) is 7.97. The number of nitrogens with zero attached hydrogens (tertiary/aromatic N) is 1. The standard InChI is InChI=1S/C19H22N2O2/c1-12-6-4-8-15(23-3)16(12)19(22)21-18(14-9-10-14)17-13(2)7-5-11-20-17/h4-8,11,14,18H,9-10H2,1-3H3,(H,21,22). The molecule has 0 radical (unpaired) electrons. The van der Waals surface area contributed by atoms with Gasteiger partial charge in [-0.2, -0.15) is 0 Å². The molecule has 23 heavy (non-hydrogen) atoms. The minimum atomic E-state index is -0.0955. The van der Waals surface area contributed by atoms with Crippen LogP contribution >= 0.6 is 0 Å². The molecule has 1 N–H and O–H groups in total. The number of amides is 1. The summed E-state index contributed by atoms with van der Waals surface area (Å²) in [6, 6.07) is 9.57. The summed E-state index contributed by atoms with van der Waals surface area (Å²) in [5.74, 6) is 0.985. The predicted molar refractivity (Wildman–Crippen MR) is 89.6 cm³/mol. The highest BCUT2D eigenvalue weighted by atomic mass is 16.5. The fourth-order valence-corrected chi connectivity index (χ4v) is 2.98. The Balaban J connectivity index is 1.90. The van der Waals surface area contributed by atoms with Crippen LogP contribution in [0.5, 0.6) is 5.75 Å². The summed E-state index contributed by atoms with van der Waals surface area (Å²) >= 11 is 0. The van der Waals surface area contributed by atoms with E-state index in [-0.39, 0.29) is 11.9 Å². The number of benzene rings is 1. The van der Waals surface area contributed by atoms with Crippen LogP contribution in [0.2, 0.25) is 0 Å². The molecule has 1 saturated carbocycles. The van der Waals surface area contributed by atoms with Crippen molar-refractivity contribution in [3.63, 3.8) is 0 Å². The smallest absolute Gasteiger partial charge is 0.255 e. The molecule has 1 aliphatic rings. The van der Waals surface area contributed by atoms with Crippen molar-refractivity contribution in [2.24, 2.45) is 5.92 Å². The molecular formula is C19H22N2O2. The number of hydrogen-bond acceptors (Lipinski definition) is 3. The van der Waals surface area contributed by atoms with E-state index in [1.54, 1.807) is 13.3 Å². The molecule has 0 aliphatic heterocycles. The molecule has 1 fully saturated rings. The summed E-state index contributed by atoms with van der Waals surface area (Å²) in [5.41, 5.74) is 3.60. The average molecular weight is 310 g/mol. The van der Waals surface area contributed by atoms with Crippen LogP contribution < -0.4 is 10.1 Å². The van der Waals surface area contributed by atoms with E-state index in [9.17, 15) is 4.79 Å². The normalized spacial score (nSPS) is 15.1. The number of ether oxygens (including phenoxy) is 1. The van der Waals surface area contributed by atoms with E-state index in [0.717, 1.165) is 29.7 Å². The third-order valence-corrected chi connectivity index (χ3v) is 4.41. The van der Waals surface area contributed by atoms with Crippen molar-refractivity contribution in [1.82, 2.24) is 10.3 Å². The third kappa shape index (κ3) is 3.21. The zero-order chi connectivity index (χ0) is 16.4. The second-order valence-corrected chi connectivity index (χ2v) is 6.15. The van der Waals surface area contributed by atoms with Crippen molar-refractivity contribution in [2.75, 3.05) is 7.11 Å². The summed E-state index contributed by atoms with van der Waals surface area (Å²) in [4.78, 5) is 17.4. The lowest BCUT2D eigenvalue weighted by atomic mass is 10.0. The van der Waals surface area contributed by atoms with E-state index in [1.165, 1.54) is 0 Å². The molecule has 2 aromatic rings. The van der Waals surface area contributed by atoms with Gasteiger partial charge in [0.15, 0.2) is 0 Å². The molecule has 1 aliphatic carbocycles. The lowest BCUT2D eigenvalue weighted by Crippen LogP contribution is -2.31. The molecule has 1 amide bonds. The first-order chi connectivity index (χ1) is 11.1. The van der Waals surface area contributed by atoms with Gasteiger partial charge in [0, 0.05) is 6.20 Å². The first kappa shape index (κ1) is 15.5. The second kappa shape index (κ2) is 6.41. The number of rotatable bonds is 5. The van der Waals surface area contributed by atoms with Crippen LogP contribution in [0, 0.1) is 19.8 Å². The quantitative estimate of drug-likeness (QED) is 0.918. The van der Waals surface area contributed by atoms with Crippen LogP contribution in [0.4, 0.5) is 0 Å². The van der Waals surface area contributed by atoms with Crippen LogP contribution in [0.3, 0.4) is 0 Å². The molecule has 1 heterocycles. The monoisotopic (exact) mass is 310 g/mol. The van der Waals surface area contributed by atoms with Gasteiger partial charge < -0.3 is 10.1 Å². The molecule has 0 saturated heterocycles. The topological polar surface area (TPSA) is 51.2 Å². The fourth-order valence-electron chi connectivity index (χ4n) is 2.98. The van der Waals surface area contributed by atoms with E-state index in [2.05, 4.69) is 10.3 Å². The van der Waals surface area contributed by atoms with Crippen molar-refractivity contribution in [3.05, 3.63) is 58.9 Å². The number of pyridine rings is 1. The number of carbonyl (C=O) groups excluding carboxylic acids is 1. The molecule has 0 bridgehead atoms. The summed E-state index contributed by atoms with van der Waals surface area (Å²) in [7, 11) is 1.59. The number of hydrogen-bond donors (Lipinski definition) is 1. The van der Waals surface area contributed by atoms with Crippen LogP contribution in [0.1, 0.15) is 46.1 Å². The van der Waals surface area contributed by atoms with Gasteiger partial charge in [0.1, 0.15) is 5.75 Å². The van der Waals surface area contributed by atoms with Gasteiger partial charge in [-0.1, -0.05) is 18.2 Å². The summed E-state index contributed by atoms with van der Waals surface area (Å²) in [5, 5.41) is 3.19. The van der Waals surface area contributed by atoms with Gasteiger partial charge in [-0.25, -0.2) is 0 Å². The molecule has 4 nitrogen and oxygen atoms in total. The molecule has 1 aromatic carbocycles. The van der Waals surface area contributed by atoms with Gasteiger partial charge in [-0.3, -0.25) is 9.78 Å². The second-order valence-electron chi connectivity index (χ2n) is 6.15. The van der Waals surface area contributed by atoms with Gasteiger partial charge in [-0.05, 0) is 55.9 Å². The SMILES string of the molecule is COc1cccc(C)c1C(=O)NC(c1ncccc1C)C1CC1. The Morgan fingerprint density at radius 1 is 1.22 bits per heavy atom. The highest BCUT2D eigenvalue weighted by Crippen LogP contribution is 2.41. The van der Waals surface area contributed by atoms with Crippen molar-refractivity contribution in [1.29, 1.82) is 0 Å². The highest BCUT2D eigenvalue weighted by Gasteiger charge is 2.35. The van der Waals surface area contributed by atoms with Crippen LogP contribution in [-0.4, -0.2) is 18.0 Å². The Morgan fingerprint density at radius 3 is 2.61 bits per heavy atom. The van der Waals surface area contributed by atoms with Crippen molar-refractivity contribution < 1.29 is 9.53 Å². The van der Waals surface area contributed by atoms with E-state index in [4.69, 9.17) is 4.74 Å². The Labute approximate surface area is 136 Å². The number of aryl methyl sites for hydroxylation is 2. The van der Waals surface area contributed by atoms with E-state index in [1.807, 2.05) is 44.2 Å². The Bertz CT molecular complexity index is 723. The van der Waals surface area contributed by atoms with Crippen molar-refractivity contribution in [3.8, 4) is 5.75 Å². The van der Waals surface area contributed by atoms with Gasteiger partial charge in [0.05, 0.1) is 24.4 Å². The maximum absolute atomic E-state index is 12.9. The van der Waals surface area contributed by atoms with E-state index < -0.39 is 0 Å². The Hall–Kier alpha value is -2.36. The Morgan fingerprint density at radius 2 is 1.96 bits per heavy atom. The Kier molecular flexibility index (Phi) is 4.33. The van der Waals surface area contributed by atoms with Gasteiger partial charge >= 0.3 is 0 Å². The minimum Gasteiger partial charge on any atom is -0.496 e. The molecule has 4 heteroatoms. The zero-order valence-electron chi connectivity index (χ0n) is 13.8. The lowest BCUT2D eigenvalue weighted by Gasteiger charge is -2.21. The van der Waals surface area contributed by atoms with Crippen LogP contribution in [0.15, 0.2) is 36.5 Å². The number of methoxy groups -OCH3 is 1. The lowest BCUT2D eigenvalue weighted by molar-refractivity contribution is 0.0927. The molecule has 1 aromatic heterocycles. The van der Waals surface area contributed by atoms with E-state index in [0.29, 0.717) is 17.2 Å². The number of nitrogens with one attached hydrogen (secondary N) is 1. The molecule has 1 atom stereocenters. The average Bonchev–Trinajstić information content (AvgIpc) is 3.37. The number of carbonyl (C=O) groups is 1. The van der Waals surface area contributed by atoms with Crippen molar-refractivity contribution >= 4 is 5.91 Å². The third-order valence-electron chi connectivity index (χ3n) is 4.41. The molecule has 1 unspecified atom stereocenters. The van der Waals surface area contributed by atoms with Crippen LogP contribution in [-0.2, 0) is 0 Å². The molecule has 0 spiro atoms. The summed E-state index contributed by atoms with van der Waals surface area (Å²) < 4.78 is 5.36. The van der Waals surface area contributed by atoms with Gasteiger partial charge in [0.25, 0.3) is 5.91 Å². The summed E-state index contributed by atoms with van der Waals surface area (Å²) in [6.07, 6.45) is 4.05. The fraction of sp³-hybridized carbons (Fsp3) is 0.368. The van der Waals surface area contributed by atoms with Gasteiger partial charge in [-0.15, -0.1) is 0 Å². The minimum absolute atomic E-state index is 0.0342. The molecule has 3 rings (SSSR count). The predicted octanol–water partition coefficient (Wildman–Crippen LogP) is 3.59. The number of aromatic nitrogens is 1. The maximum atomic E-state index is 12.9. The van der Waals surface area contributed by atoms with Gasteiger partial charge in [0.2, 0.25) is 0 Å². The zero-order valence-corrected chi connectivity index (χ0v) is 13.8. The maximum Gasteiger partial charge on any atom is 0.255 e. The van der Waals surface area contributed by atoms with Crippen LogP contribution in [0.25, 0.3) is 0 Å². The molecular weight excluding hydrogens is 288 g/mol. The summed E-state index contributed by atoms with van der Waals surface area (Å²) in [6.45, 7) is 3.97. The first-order valence-corrected chi connectivity index (χ1v) is 7.97. The largest absolute Gasteiger partial charge is 0.496 e. The van der Waals surface area contributed by atoms with Crippen molar-refractivity contribution in [2.45, 2.75) is 32.7 Å².